The van der Waals surface area contributed by atoms with E-state index in [4.69, 9.17) is 0 Å². The summed E-state index contributed by atoms with van der Waals surface area (Å²) in [7, 11) is 0. The van der Waals surface area contributed by atoms with Crippen LogP contribution in [0, 0.1) is 18.8 Å². The topological polar surface area (TPSA) is 79.3 Å². The summed E-state index contributed by atoms with van der Waals surface area (Å²) < 4.78 is 0. The zero-order valence-electron chi connectivity index (χ0n) is 17.6. The lowest BCUT2D eigenvalue weighted by Crippen LogP contribution is -2.36. The molecule has 1 aromatic heterocycles. The summed E-state index contributed by atoms with van der Waals surface area (Å²) in [6.45, 7) is 10.2. The van der Waals surface area contributed by atoms with Crippen LogP contribution < -0.4 is 5.32 Å². The van der Waals surface area contributed by atoms with E-state index in [1.165, 1.54) is 16.9 Å². The molecule has 1 aliphatic rings. The van der Waals surface area contributed by atoms with Crippen LogP contribution in [0.1, 0.15) is 56.9 Å². The highest BCUT2D eigenvalue weighted by Crippen LogP contribution is 2.36. The van der Waals surface area contributed by atoms with E-state index in [1.54, 1.807) is 0 Å². The first-order valence-corrected chi connectivity index (χ1v) is 10.8. The molecule has 0 saturated carbocycles. The summed E-state index contributed by atoms with van der Waals surface area (Å²) in [6, 6.07) is 8.32. The number of carbonyl (C=O) groups excluding carboxylic acids is 1. The molecule has 29 heavy (non-hydrogen) atoms. The molecule has 0 bridgehead atoms. The highest BCUT2D eigenvalue weighted by Gasteiger charge is 2.37. The zero-order valence-corrected chi connectivity index (χ0v) is 18.4. The molecule has 6 heteroatoms. The number of benzene rings is 1. The van der Waals surface area contributed by atoms with Crippen LogP contribution >= 0.6 is 11.3 Å². The lowest BCUT2D eigenvalue weighted by atomic mass is 9.76. The molecule has 0 aliphatic heterocycles. The Labute approximate surface area is 175 Å². The fourth-order valence-corrected chi connectivity index (χ4v) is 4.61. The number of rotatable bonds is 5. The van der Waals surface area contributed by atoms with Crippen LogP contribution in [0.15, 0.2) is 35.4 Å². The van der Waals surface area contributed by atoms with Crippen LogP contribution in [0.2, 0.25) is 0 Å². The lowest BCUT2D eigenvalue weighted by molar-refractivity contribution is -0.146. The van der Waals surface area contributed by atoms with Gasteiger partial charge < -0.3 is 10.4 Å². The van der Waals surface area contributed by atoms with Crippen molar-refractivity contribution in [2.24, 2.45) is 11.8 Å². The molecule has 0 fully saturated rings. The Balaban J connectivity index is 1.79. The van der Waals surface area contributed by atoms with E-state index in [0.29, 0.717) is 23.9 Å². The summed E-state index contributed by atoms with van der Waals surface area (Å²) >= 11 is 1.42. The van der Waals surface area contributed by atoms with Gasteiger partial charge in [0.1, 0.15) is 0 Å². The third kappa shape index (κ3) is 4.58. The Morgan fingerprint density at radius 1 is 1.07 bits per heavy atom. The largest absolute Gasteiger partial charge is 0.481 e. The van der Waals surface area contributed by atoms with E-state index < -0.39 is 17.8 Å². The maximum atomic E-state index is 12.9. The monoisotopic (exact) mass is 412 g/mol. The number of thiazole rings is 1. The Hall–Kier alpha value is -2.47. The first-order chi connectivity index (χ1) is 13.7. The molecule has 1 amide bonds. The fourth-order valence-electron chi connectivity index (χ4n) is 3.77. The lowest BCUT2D eigenvalue weighted by Gasteiger charge is -2.29. The Morgan fingerprint density at radius 3 is 2.21 bits per heavy atom. The molecule has 2 atom stereocenters. The molecule has 3 rings (SSSR count). The van der Waals surface area contributed by atoms with Gasteiger partial charge in [-0.15, -0.1) is 11.3 Å². The normalized spacial score (nSPS) is 19.5. The van der Waals surface area contributed by atoms with Crippen LogP contribution in [-0.4, -0.2) is 22.0 Å². The average molecular weight is 413 g/mol. The zero-order chi connectivity index (χ0) is 21.3. The second-order valence-corrected chi connectivity index (χ2v) is 9.41. The molecule has 0 radical (unpaired) electrons. The van der Waals surface area contributed by atoms with Gasteiger partial charge in [-0.3, -0.25) is 9.59 Å². The molecule has 2 N–H and O–H groups in total. The van der Waals surface area contributed by atoms with Crippen molar-refractivity contribution in [2.45, 2.75) is 53.4 Å². The van der Waals surface area contributed by atoms with E-state index >= 15 is 0 Å². The van der Waals surface area contributed by atoms with Crippen LogP contribution in [0.5, 0.6) is 0 Å². The minimum Gasteiger partial charge on any atom is -0.481 e. The van der Waals surface area contributed by atoms with Crippen molar-refractivity contribution in [1.82, 2.24) is 4.98 Å². The molecule has 154 valence electrons. The Kier molecular flexibility index (Phi) is 6.22. The van der Waals surface area contributed by atoms with E-state index in [2.05, 4.69) is 48.4 Å². The molecular formula is C23H28N2O3S. The molecule has 5 nitrogen and oxygen atoms in total. The molecule has 0 unspecified atom stereocenters. The van der Waals surface area contributed by atoms with E-state index in [1.807, 2.05) is 20.8 Å². The minimum absolute atomic E-state index is 0.264. The van der Waals surface area contributed by atoms with Crippen molar-refractivity contribution < 1.29 is 14.7 Å². The van der Waals surface area contributed by atoms with E-state index in [9.17, 15) is 14.7 Å². The van der Waals surface area contributed by atoms with Gasteiger partial charge in [0.05, 0.1) is 17.5 Å². The Morgan fingerprint density at radius 2 is 1.66 bits per heavy atom. The highest BCUT2D eigenvalue weighted by molar-refractivity contribution is 7.16. The number of carboxylic acids is 1. The molecule has 2 aromatic rings. The maximum absolute atomic E-state index is 12.9. The van der Waals surface area contributed by atoms with Gasteiger partial charge in [0.15, 0.2) is 5.13 Å². The number of nitrogens with zero attached hydrogens (tertiary/aromatic N) is 1. The van der Waals surface area contributed by atoms with Crippen molar-refractivity contribution in [3.05, 3.63) is 45.9 Å². The molecule has 1 heterocycles. The second kappa shape index (κ2) is 8.49. The van der Waals surface area contributed by atoms with Gasteiger partial charge in [-0.2, -0.15) is 0 Å². The van der Waals surface area contributed by atoms with Crippen molar-refractivity contribution in [3.8, 4) is 11.3 Å². The number of anilines is 1. The van der Waals surface area contributed by atoms with Crippen LogP contribution in [0.4, 0.5) is 5.13 Å². The van der Waals surface area contributed by atoms with Crippen molar-refractivity contribution in [2.75, 3.05) is 5.32 Å². The summed E-state index contributed by atoms with van der Waals surface area (Å²) in [4.78, 5) is 30.2. The number of aryl methyl sites for hydroxylation is 1. The van der Waals surface area contributed by atoms with Crippen LogP contribution in [0.3, 0.4) is 0 Å². The van der Waals surface area contributed by atoms with Gasteiger partial charge in [0.2, 0.25) is 5.91 Å². The molecule has 0 saturated heterocycles. The summed E-state index contributed by atoms with van der Waals surface area (Å²) in [5, 5.41) is 13.0. The number of hydrogen-bond acceptors (Lipinski definition) is 4. The van der Waals surface area contributed by atoms with Crippen molar-refractivity contribution in [3.63, 3.8) is 0 Å². The molecular weight excluding hydrogens is 384 g/mol. The van der Waals surface area contributed by atoms with Gasteiger partial charge in [-0.05, 0) is 45.1 Å². The molecule has 0 spiro atoms. The smallest absolute Gasteiger partial charge is 0.307 e. The number of aromatic nitrogens is 1. The molecule has 1 aromatic carbocycles. The van der Waals surface area contributed by atoms with Crippen molar-refractivity contribution in [1.29, 1.82) is 0 Å². The minimum atomic E-state index is -0.918. The van der Waals surface area contributed by atoms with E-state index in [0.717, 1.165) is 27.3 Å². The van der Waals surface area contributed by atoms with Gasteiger partial charge in [-0.25, -0.2) is 4.98 Å². The number of carbonyl (C=O) groups is 2. The van der Waals surface area contributed by atoms with Gasteiger partial charge in [0, 0.05) is 10.4 Å². The number of amides is 1. The average Bonchev–Trinajstić information content (AvgIpc) is 3.03. The van der Waals surface area contributed by atoms with E-state index in [-0.39, 0.29) is 5.91 Å². The first kappa shape index (κ1) is 21.2. The van der Waals surface area contributed by atoms with Crippen LogP contribution in [-0.2, 0) is 9.59 Å². The highest BCUT2D eigenvalue weighted by atomic mass is 32.1. The predicted molar refractivity (Wildman–Crippen MR) is 117 cm³/mol. The van der Waals surface area contributed by atoms with Gasteiger partial charge in [0.25, 0.3) is 0 Å². The second-order valence-electron chi connectivity index (χ2n) is 8.21. The number of carboxylic acid groups (broad SMARTS) is 1. The maximum Gasteiger partial charge on any atom is 0.307 e. The number of allylic oxidation sites excluding steroid dienone is 2. The number of hydrogen-bond donors (Lipinski definition) is 2. The molecule has 1 aliphatic carbocycles. The van der Waals surface area contributed by atoms with Gasteiger partial charge >= 0.3 is 5.97 Å². The summed E-state index contributed by atoms with van der Waals surface area (Å²) in [5.74, 6) is -1.98. The third-order valence-electron chi connectivity index (χ3n) is 5.80. The summed E-state index contributed by atoms with van der Waals surface area (Å²) in [5.41, 5.74) is 5.30. The fraction of sp³-hybridized carbons (Fsp3) is 0.435. The third-order valence-corrected chi connectivity index (χ3v) is 6.68. The summed E-state index contributed by atoms with van der Waals surface area (Å²) in [6.07, 6.45) is 0.895. The van der Waals surface area contributed by atoms with Gasteiger partial charge in [-0.1, -0.05) is 49.3 Å². The van der Waals surface area contributed by atoms with Crippen molar-refractivity contribution >= 4 is 28.3 Å². The number of nitrogens with one attached hydrogen (secondary N) is 1. The predicted octanol–water partition coefficient (Wildman–Crippen LogP) is 5.63. The standard InChI is InChI=1S/C23H28N2O3S/c1-12(2)16-6-8-17(9-7-16)20-15(5)29-23(24-20)25-21(26)18-10-13(3)14(4)11-19(18)22(27)28/h6-9,12,18-19H,10-11H2,1-5H3,(H,27,28)(H,24,25,26)/t18-,19-/m0/s1. The number of aliphatic carboxylic acids is 1. The Bertz CT molecular complexity index is 957. The first-order valence-electron chi connectivity index (χ1n) is 9.94. The van der Waals surface area contributed by atoms with Crippen LogP contribution in [0.25, 0.3) is 11.3 Å². The SMILES string of the molecule is CC1=C(C)C[C@H](C(=O)Nc2nc(-c3ccc(C(C)C)cc3)c(C)s2)[C@@H](C(=O)O)C1. The quantitative estimate of drug-likeness (QED) is 0.624.